The Bertz CT molecular complexity index is 353. The lowest BCUT2D eigenvalue weighted by Gasteiger charge is -2.29. The van der Waals surface area contributed by atoms with Gasteiger partial charge in [-0.15, -0.1) is 0 Å². The van der Waals surface area contributed by atoms with Gasteiger partial charge in [-0.2, -0.15) is 8.78 Å². The molecule has 1 heterocycles. The van der Waals surface area contributed by atoms with Gasteiger partial charge in [0, 0.05) is 0 Å². The fourth-order valence-electron chi connectivity index (χ4n) is 2.41. The Labute approximate surface area is 100.0 Å². The van der Waals surface area contributed by atoms with E-state index in [-0.39, 0.29) is 5.75 Å². The van der Waals surface area contributed by atoms with E-state index in [4.69, 9.17) is 0 Å². The third-order valence-corrected chi connectivity index (χ3v) is 3.32. The molecule has 4 heteroatoms. The summed E-state index contributed by atoms with van der Waals surface area (Å²) < 4.78 is 28.4. The summed E-state index contributed by atoms with van der Waals surface area (Å²) in [4.78, 5) is 0. The first kappa shape index (κ1) is 12.3. The van der Waals surface area contributed by atoms with Crippen molar-refractivity contribution in [2.24, 2.45) is 5.92 Å². The quantitative estimate of drug-likeness (QED) is 0.878. The number of nitrogens with one attached hydrogen (secondary N) is 1. The molecule has 2 unspecified atom stereocenters. The van der Waals surface area contributed by atoms with Gasteiger partial charge in [0.15, 0.2) is 0 Å². The Kier molecular flexibility index (Phi) is 3.94. The number of benzene rings is 1. The van der Waals surface area contributed by atoms with Crippen molar-refractivity contribution in [3.8, 4) is 5.75 Å². The molecule has 0 radical (unpaired) electrons. The molecule has 1 aliphatic heterocycles. The van der Waals surface area contributed by atoms with Crippen LogP contribution in [0.3, 0.4) is 0 Å². The molecule has 2 nitrogen and oxygen atoms in total. The highest BCUT2D eigenvalue weighted by Gasteiger charge is 2.22. The second kappa shape index (κ2) is 5.45. The van der Waals surface area contributed by atoms with Crippen LogP contribution in [0.2, 0.25) is 0 Å². The minimum atomic E-state index is -2.75. The van der Waals surface area contributed by atoms with E-state index in [9.17, 15) is 8.78 Å². The normalized spacial score (nSPS) is 24.9. The van der Waals surface area contributed by atoms with Crippen LogP contribution in [0.15, 0.2) is 24.3 Å². The number of halogens is 2. The third kappa shape index (κ3) is 3.16. The van der Waals surface area contributed by atoms with Crippen molar-refractivity contribution < 1.29 is 13.5 Å². The Balaban J connectivity index is 2.06. The number of rotatable bonds is 3. The summed E-state index contributed by atoms with van der Waals surface area (Å²) in [6, 6.07) is 7.03. The summed E-state index contributed by atoms with van der Waals surface area (Å²) in [6.07, 6.45) is 1.09. The molecule has 0 amide bonds. The maximum absolute atomic E-state index is 12.0. The highest BCUT2D eigenvalue weighted by Crippen LogP contribution is 2.31. The van der Waals surface area contributed by atoms with Crippen LogP contribution in [0.25, 0.3) is 0 Å². The van der Waals surface area contributed by atoms with E-state index in [1.165, 1.54) is 5.56 Å². The van der Waals surface area contributed by atoms with Crippen LogP contribution in [0.1, 0.15) is 24.8 Å². The minimum Gasteiger partial charge on any atom is -0.435 e. The molecular weight excluding hydrogens is 224 g/mol. The first-order valence-corrected chi connectivity index (χ1v) is 5.92. The van der Waals surface area contributed by atoms with Crippen molar-refractivity contribution in [3.63, 3.8) is 0 Å². The third-order valence-electron chi connectivity index (χ3n) is 3.32. The molecule has 1 aliphatic rings. The van der Waals surface area contributed by atoms with Crippen molar-refractivity contribution in [2.45, 2.75) is 25.9 Å². The largest absolute Gasteiger partial charge is 0.435 e. The monoisotopic (exact) mass is 241 g/mol. The molecule has 0 spiro atoms. The highest BCUT2D eigenvalue weighted by molar-refractivity contribution is 5.30. The molecule has 1 fully saturated rings. The maximum Gasteiger partial charge on any atom is 0.387 e. The van der Waals surface area contributed by atoms with Gasteiger partial charge >= 0.3 is 6.61 Å². The first-order valence-electron chi connectivity index (χ1n) is 5.92. The van der Waals surface area contributed by atoms with Gasteiger partial charge in [0.25, 0.3) is 0 Å². The molecule has 17 heavy (non-hydrogen) atoms. The summed E-state index contributed by atoms with van der Waals surface area (Å²) in [5.41, 5.74) is 1.21. The summed E-state index contributed by atoms with van der Waals surface area (Å²) >= 11 is 0. The van der Waals surface area contributed by atoms with Crippen molar-refractivity contribution in [2.75, 3.05) is 13.1 Å². The predicted octanol–water partition coefficient (Wildman–Crippen LogP) is 3.00. The van der Waals surface area contributed by atoms with E-state index in [2.05, 4.69) is 17.0 Å². The highest BCUT2D eigenvalue weighted by atomic mass is 19.3. The van der Waals surface area contributed by atoms with Crippen molar-refractivity contribution in [1.82, 2.24) is 5.32 Å². The lowest BCUT2D eigenvalue weighted by atomic mass is 9.82. The average Bonchev–Trinajstić information content (AvgIpc) is 2.30. The zero-order valence-electron chi connectivity index (χ0n) is 9.83. The van der Waals surface area contributed by atoms with Gasteiger partial charge in [-0.05, 0) is 49.0 Å². The van der Waals surface area contributed by atoms with Crippen LogP contribution in [-0.2, 0) is 0 Å². The minimum absolute atomic E-state index is 0.227. The van der Waals surface area contributed by atoms with Gasteiger partial charge in [0.1, 0.15) is 5.75 Å². The van der Waals surface area contributed by atoms with Crippen molar-refractivity contribution >= 4 is 0 Å². The zero-order chi connectivity index (χ0) is 12.3. The van der Waals surface area contributed by atoms with Gasteiger partial charge in [0.2, 0.25) is 0 Å². The molecule has 94 valence electrons. The lowest BCUT2D eigenvalue weighted by Crippen LogP contribution is -2.33. The van der Waals surface area contributed by atoms with Gasteiger partial charge < -0.3 is 10.1 Å². The van der Waals surface area contributed by atoms with Gasteiger partial charge in [0.05, 0.1) is 0 Å². The van der Waals surface area contributed by atoms with Crippen LogP contribution in [0, 0.1) is 5.92 Å². The van der Waals surface area contributed by atoms with Crippen LogP contribution in [0.5, 0.6) is 5.75 Å². The van der Waals surface area contributed by atoms with Crippen molar-refractivity contribution in [3.05, 3.63) is 29.8 Å². The summed E-state index contributed by atoms with van der Waals surface area (Å²) in [5.74, 6) is 1.31. The van der Waals surface area contributed by atoms with Crippen LogP contribution in [-0.4, -0.2) is 19.7 Å². The Hall–Kier alpha value is -1.16. The molecule has 0 bridgehead atoms. The fourth-order valence-corrected chi connectivity index (χ4v) is 2.41. The van der Waals surface area contributed by atoms with Gasteiger partial charge in [-0.25, -0.2) is 0 Å². The van der Waals surface area contributed by atoms with E-state index >= 15 is 0 Å². The first-order chi connectivity index (χ1) is 8.16. The molecule has 1 aromatic rings. The van der Waals surface area contributed by atoms with Gasteiger partial charge in [-0.3, -0.25) is 0 Å². The molecule has 1 N–H and O–H groups in total. The van der Waals surface area contributed by atoms with E-state index in [1.807, 2.05) is 12.1 Å². The van der Waals surface area contributed by atoms with Crippen LogP contribution >= 0.6 is 0 Å². The molecule has 2 atom stereocenters. The zero-order valence-corrected chi connectivity index (χ0v) is 9.83. The SMILES string of the molecule is CC1CNCCC1c1ccc(OC(F)F)cc1. The molecular formula is C13H17F2NO. The standard InChI is InChI=1S/C13H17F2NO/c1-9-8-16-7-6-12(9)10-2-4-11(5-3-10)17-13(14)15/h2-5,9,12-13,16H,6-8H2,1H3. The van der Waals surface area contributed by atoms with Crippen molar-refractivity contribution in [1.29, 1.82) is 0 Å². The number of ether oxygens (including phenoxy) is 1. The summed E-state index contributed by atoms with van der Waals surface area (Å²) in [6.45, 7) is 1.49. The topological polar surface area (TPSA) is 21.3 Å². The lowest BCUT2D eigenvalue weighted by molar-refractivity contribution is -0.0498. The van der Waals surface area contributed by atoms with Gasteiger partial charge in [-0.1, -0.05) is 19.1 Å². The van der Waals surface area contributed by atoms with E-state index in [0.717, 1.165) is 19.5 Å². The van der Waals surface area contributed by atoms with E-state index < -0.39 is 6.61 Å². The number of piperidine rings is 1. The second-order valence-electron chi connectivity index (χ2n) is 4.52. The summed E-state index contributed by atoms with van der Waals surface area (Å²) in [7, 11) is 0. The smallest absolute Gasteiger partial charge is 0.387 e. The number of hydrogen-bond acceptors (Lipinski definition) is 2. The number of alkyl halides is 2. The molecule has 0 saturated carbocycles. The molecule has 0 aliphatic carbocycles. The van der Waals surface area contributed by atoms with Crippen LogP contribution in [0.4, 0.5) is 8.78 Å². The fraction of sp³-hybridized carbons (Fsp3) is 0.538. The molecule has 2 rings (SSSR count). The Morgan fingerprint density at radius 2 is 2.00 bits per heavy atom. The number of hydrogen-bond donors (Lipinski definition) is 1. The van der Waals surface area contributed by atoms with Crippen LogP contribution < -0.4 is 10.1 Å². The Morgan fingerprint density at radius 1 is 1.29 bits per heavy atom. The van der Waals surface area contributed by atoms with E-state index in [0.29, 0.717) is 11.8 Å². The Morgan fingerprint density at radius 3 is 2.59 bits per heavy atom. The predicted molar refractivity (Wildman–Crippen MR) is 62.5 cm³/mol. The average molecular weight is 241 g/mol. The summed E-state index contributed by atoms with van der Waals surface area (Å²) in [5, 5.41) is 3.35. The maximum atomic E-state index is 12.0. The molecule has 0 aromatic heterocycles. The second-order valence-corrected chi connectivity index (χ2v) is 4.52. The molecule has 1 saturated heterocycles. The van der Waals surface area contributed by atoms with E-state index in [1.54, 1.807) is 12.1 Å². The molecule has 1 aromatic carbocycles.